The molecule has 1 heterocycles. The lowest BCUT2D eigenvalue weighted by Gasteiger charge is -2.15. The quantitative estimate of drug-likeness (QED) is 0.219. The molecule has 0 saturated heterocycles. The van der Waals surface area contributed by atoms with Gasteiger partial charge in [-0.3, -0.25) is 0 Å². The van der Waals surface area contributed by atoms with Gasteiger partial charge in [0.25, 0.3) is 0 Å². The first-order chi connectivity index (χ1) is 14.5. The van der Waals surface area contributed by atoms with Gasteiger partial charge in [0.1, 0.15) is 5.75 Å². The van der Waals surface area contributed by atoms with Gasteiger partial charge < -0.3 is 9.47 Å². The molecule has 0 N–H and O–H groups in total. The molecule has 0 radical (unpaired) electrons. The van der Waals surface area contributed by atoms with Crippen LogP contribution < -0.4 is 9.47 Å². The number of benzene rings is 1. The molecule has 0 unspecified atom stereocenters. The Labute approximate surface area is 184 Å². The summed E-state index contributed by atoms with van der Waals surface area (Å²) < 4.78 is 11.6. The van der Waals surface area contributed by atoms with Gasteiger partial charge in [-0.15, -0.1) is 0 Å². The van der Waals surface area contributed by atoms with E-state index in [1.54, 1.807) is 12.4 Å². The number of nitrogens with zero attached hydrogens (tertiary/aromatic N) is 2. The molecule has 1 aromatic carbocycles. The summed E-state index contributed by atoms with van der Waals surface area (Å²) in [7, 11) is -0.930. The zero-order chi connectivity index (χ0) is 21.7. The molecule has 4 nitrogen and oxygen atoms in total. The smallest absolute Gasteiger partial charge is 0.159 e. The van der Waals surface area contributed by atoms with Gasteiger partial charge in [-0.1, -0.05) is 71.1 Å². The number of ether oxygens (including phenoxy) is 2. The van der Waals surface area contributed by atoms with E-state index in [0.717, 1.165) is 43.1 Å². The highest BCUT2D eigenvalue weighted by Gasteiger charge is 2.11. The Kier molecular flexibility index (Phi) is 10.9. The first-order valence-corrected chi connectivity index (χ1v) is 15.4. The Morgan fingerprint density at radius 3 is 1.90 bits per heavy atom. The van der Waals surface area contributed by atoms with Gasteiger partial charge >= 0.3 is 0 Å². The summed E-state index contributed by atoms with van der Waals surface area (Å²) >= 11 is 0. The van der Waals surface area contributed by atoms with Crippen LogP contribution in [0.2, 0.25) is 25.7 Å². The molecule has 2 rings (SSSR count). The van der Waals surface area contributed by atoms with Crippen LogP contribution in [-0.2, 0) is 0 Å². The number of rotatable bonds is 15. The van der Waals surface area contributed by atoms with Gasteiger partial charge in [0.15, 0.2) is 11.6 Å². The summed E-state index contributed by atoms with van der Waals surface area (Å²) in [5.41, 5.74) is 0.989. The molecule has 0 spiro atoms. The van der Waals surface area contributed by atoms with E-state index in [1.165, 1.54) is 44.6 Å². The van der Waals surface area contributed by atoms with E-state index >= 15 is 0 Å². The van der Waals surface area contributed by atoms with Crippen LogP contribution in [0.1, 0.15) is 58.3 Å². The SMILES string of the molecule is CCCCCCCCOc1cnc(-c2ccc(OCCCC[Si](C)(C)C)cc2)nc1. The molecular formula is C25H40N2O2Si. The predicted octanol–water partition coefficient (Wildman–Crippen LogP) is 7.38. The Balaban J connectivity index is 1.69. The standard InChI is InChI=1S/C25H40N2O2Si/c1-5-6-7-8-9-10-17-29-24-20-26-25(27-21-24)22-13-15-23(16-14-22)28-18-11-12-19-30(2,3)4/h13-16,20-21H,5-12,17-19H2,1-4H3. The molecule has 0 aliphatic carbocycles. The molecule has 0 aliphatic heterocycles. The highest BCUT2D eigenvalue weighted by molar-refractivity contribution is 6.76. The van der Waals surface area contributed by atoms with E-state index in [0.29, 0.717) is 5.82 Å². The van der Waals surface area contributed by atoms with Crippen molar-refractivity contribution in [1.29, 1.82) is 0 Å². The van der Waals surface area contributed by atoms with Gasteiger partial charge in [-0.25, -0.2) is 9.97 Å². The zero-order valence-electron chi connectivity index (χ0n) is 19.5. The van der Waals surface area contributed by atoms with Crippen LogP contribution in [0.15, 0.2) is 36.7 Å². The van der Waals surface area contributed by atoms with Crippen LogP contribution in [0, 0.1) is 0 Å². The average molecular weight is 429 g/mol. The maximum Gasteiger partial charge on any atom is 0.159 e. The number of hydrogen-bond acceptors (Lipinski definition) is 4. The molecular weight excluding hydrogens is 388 g/mol. The summed E-state index contributed by atoms with van der Waals surface area (Å²) in [5, 5.41) is 0. The molecule has 5 heteroatoms. The van der Waals surface area contributed by atoms with Gasteiger partial charge in [-0.2, -0.15) is 0 Å². The van der Waals surface area contributed by atoms with E-state index in [1.807, 2.05) is 24.3 Å². The van der Waals surface area contributed by atoms with Gasteiger partial charge in [0.2, 0.25) is 0 Å². The second-order valence-corrected chi connectivity index (χ2v) is 14.9. The van der Waals surface area contributed by atoms with Gasteiger partial charge in [0, 0.05) is 13.6 Å². The number of aromatic nitrogens is 2. The largest absolute Gasteiger partial charge is 0.494 e. The van der Waals surface area contributed by atoms with Crippen molar-refractivity contribution in [3.8, 4) is 22.9 Å². The lowest BCUT2D eigenvalue weighted by molar-refractivity contribution is 0.302. The van der Waals surface area contributed by atoms with Gasteiger partial charge in [0.05, 0.1) is 25.6 Å². The first kappa shape index (κ1) is 24.4. The summed E-state index contributed by atoms with van der Waals surface area (Å²) in [5.74, 6) is 2.36. The number of unbranched alkanes of at least 4 members (excludes halogenated alkanes) is 6. The van der Waals surface area contributed by atoms with E-state index in [-0.39, 0.29) is 0 Å². The highest BCUT2D eigenvalue weighted by Crippen LogP contribution is 2.21. The Morgan fingerprint density at radius 2 is 1.27 bits per heavy atom. The van der Waals surface area contributed by atoms with Crippen molar-refractivity contribution in [2.45, 2.75) is 84.0 Å². The fourth-order valence-corrected chi connectivity index (χ4v) is 4.57. The lowest BCUT2D eigenvalue weighted by Crippen LogP contribution is -2.18. The third-order valence-corrected chi connectivity index (χ3v) is 6.95. The van der Waals surface area contributed by atoms with Crippen LogP contribution in [0.4, 0.5) is 0 Å². The summed E-state index contributed by atoms with van der Waals surface area (Å²) in [4.78, 5) is 8.91. The molecule has 166 valence electrons. The minimum atomic E-state index is -0.930. The Bertz CT molecular complexity index is 697. The number of hydrogen-bond donors (Lipinski definition) is 0. The third-order valence-electron chi connectivity index (χ3n) is 5.10. The fraction of sp³-hybridized carbons (Fsp3) is 0.600. The minimum absolute atomic E-state index is 0.712. The van der Waals surface area contributed by atoms with Crippen LogP contribution in [0.3, 0.4) is 0 Å². The highest BCUT2D eigenvalue weighted by atomic mass is 28.3. The van der Waals surface area contributed by atoms with Crippen LogP contribution in [-0.4, -0.2) is 31.3 Å². The van der Waals surface area contributed by atoms with Crippen molar-refractivity contribution in [3.05, 3.63) is 36.7 Å². The first-order valence-electron chi connectivity index (χ1n) is 11.7. The van der Waals surface area contributed by atoms with Crippen LogP contribution >= 0.6 is 0 Å². The van der Waals surface area contributed by atoms with Crippen molar-refractivity contribution in [2.75, 3.05) is 13.2 Å². The molecule has 0 aliphatic rings. The maximum absolute atomic E-state index is 5.87. The summed E-state index contributed by atoms with van der Waals surface area (Å²) in [6.07, 6.45) is 13.5. The molecule has 0 fully saturated rings. The second kappa shape index (κ2) is 13.4. The van der Waals surface area contributed by atoms with Crippen molar-refractivity contribution < 1.29 is 9.47 Å². The van der Waals surface area contributed by atoms with E-state index in [4.69, 9.17) is 9.47 Å². The Morgan fingerprint density at radius 1 is 0.700 bits per heavy atom. The molecule has 30 heavy (non-hydrogen) atoms. The molecule has 0 atom stereocenters. The van der Waals surface area contributed by atoms with Crippen molar-refractivity contribution >= 4 is 8.07 Å². The minimum Gasteiger partial charge on any atom is -0.494 e. The zero-order valence-corrected chi connectivity index (χ0v) is 20.5. The van der Waals surface area contributed by atoms with E-state index < -0.39 is 8.07 Å². The topological polar surface area (TPSA) is 44.2 Å². The Hall–Kier alpha value is -1.88. The van der Waals surface area contributed by atoms with Crippen molar-refractivity contribution in [2.24, 2.45) is 0 Å². The van der Waals surface area contributed by atoms with Crippen LogP contribution in [0.5, 0.6) is 11.5 Å². The van der Waals surface area contributed by atoms with Crippen molar-refractivity contribution in [3.63, 3.8) is 0 Å². The predicted molar refractivity (Wildman–Crippen MR) is 129 cm³/mol. The third kappa shape index (κ3) is 10.2. The van der Waals surface area contributed by atoms with Crippen molar-refractivity contribution in [1.82, 2.24) is 9.97 Å². The fourth-order valence-electron chi connectivity index (χ4n) is 3.26. The molecule has 1 aromatic heterocycles. The van der Waals surface area contributed by atoms with E-state index in [9.17, 15) is 0 Å². The monoisotopic (exact) mass is 428 g/mol. The van der Waals surface area contributed by atoms with Crippen LogP contribution in [0.25, 0.3) is 11.4 Å². The molecule has 0 bridgehead atoms. The average Bonchev–Trinajstić information content (AvgIpc) is 2.73. The normalized spacial score (nSPS) is 11.5. The lowest BCUT2D eigenvalue weighted by atomic mass is 10.1. The van der Waals surface area contributed by atoms with E-state index in [2.05, 4.69) is 36.5 Å². The summed E-state index contributed by atoms with van der Waals surface area (Å²) in [6, 6.07) is 9.40. The maximum atomic E-state index is 5.87. The molecule has 0 saturated carbocycles. The second-order valence-electron chi connectivity index (χ2n) is 9.25. The van der Waals surface area contributed by atoms with Gasteiger partial charge in [-0.05, 0) is 37.1 Å². The molecule has 0 amide bonds. The summed E-state index contributed by atoms with van der Waals surface area (Å²) in [6.45, 7) is 11.0. The molecule has 2 aromatic rings.